The largest absolute Gasteiger partial charge is 0.462 e. The molecule has 0 heterocycles. The van der Waals surface area contributed by atoms with E-state index in [1.165, 1.54) is 148 Å². The van der Waals surface area contributed by atoms with E-state index in [4.69, 9.17) is 4.74 Å². The highest BCUT2D eigenvalue weighted by atomic mass is 16.5. The van der Waals surface area contributed by atoms with Crippen LogP contribution in [-0.2, 0) is 14.3 Å². The Hall–Kier alpha value is -1.92. The topological polar surface area (TPSA) is 95.9 Å². The molecule has 352 valence electrons. The lowest BCUT2D eigenvalue weighted by Crippen LogP contribution is -2.46. The molecule has 0 bridgehead atoms. The zero-order valence-electron chi connectivity index (χ0n) is 40.1. The molecule has 0 spiro atoms. The van der Waals surface area contributed by atoms with Crippen molar-refractivity contribution in [2.24, 2.45) is 0 Å². The molecule has 0 radical (unpaired) electrons. The minimum atomic E-state index is -0.788. The third-order valence-electron chi connectivity index (χ3n) is 12.0. The normalized spacial score (nSPS) is 13.5. The van der Waals surface area contributed by atoms with Crippen molar-refractivity contribution < 1.29 is 24.5 Å². The first kappa shape index (κ1) is 58.1. The van der Waals surface area contributed by atoms with E-state index in [0.717, 1.165) is 77.0 Å². The SMILES string of the molecule is CC/C=C/C/C=C/C/C=C/CCCCCCC(=O)OC(CCCCCCCCCCCCC)CC(=O)NC(CO)C(O)CCCCCCCCCCCCCCCCCC. The summed E-state index contributed by atoms with van der Waals surface area (Å²) in [6.07, 6.45) is 56.3. The van der Waals surface area contributed by atoms with Gasteiger partial charge in [0.1, 0.15) is 6.10 Å². The van der Waals surface area contributed by atoms with Crippen molar-refractivity contribution in [3.8, 4) is 0 Å². The van der Waals surface area contributed by atoms with Gasteiger partial charge in [-0.15, -0.1) is 0 Å². The number of ether oxygens (including phenoxy) is 1. The van der Waals surface area contributed by atoms with E-state index in [1.54, 1.807) is 0 Å². The fraction of sp³-hybridized carbons (Fsp3) is 0.852. The minimum absolute atomic E-state index is 0.0722. The smallest absolute Gasteiger partial charge is 0.306 e. The minimum Gasteiger partial charge on any atom is -0.462 e. The molecule has 0 aliphatic rings. The molecule has 6 nitrogen and oxygen atoms in total. The van der Waals surface area contributed by atoms with Crippen molar-refractivity contribution in [2.75, 3.05) is 6.61 Å². The van der Waals surface area contributed by atoms with Crippen molar-refractivity contribution in [3.63, 3.8) is 0 Å². The molecule has 3 atom stereocenters. The Balaban J connectivity index is 4.50. The summed E-state index contributed by atoms with van der Waals surface area (Å²) in [5, 5.41) is 23.8. The lowest BCUT2D eigenvalue weighted by atomic mass is 10.0. The number of hydrogen-bond acceptors (Lipinski definition) is 5. The van der Waals surface area contributed by atoms with Crippen molar-refractivity contribution in [1.29, 1.82) is 0 Å². The molecule has 3 N–H and O–H groups in total. The van der Waals surface area contributed by atoms with Crippen LogP contribution in [0.15, 0.2) is 36.5 Å². The number of amides is 1. The van der Waals surface area contributed by atoms with Gasteiger partial charge in [-0.2, -0.15) is 0 Å². The Kier molecular flexibility index (Phi) is 46.6. The summed E-state index contributed by atoms with van der Waals surface area (Å²) < 4.78 is 5.92. The van der Waals surface area contributed by atoms with E-state index in [-0.39, 0.29) is 24.9 Å². The van der Waals surface area contributed by atoms with Crippen molar-refractivity contribution in [3.05, 3.63) is 36.5 Å². The first-order chi connectivity index (χ1) is 29.5. The third kappa shape index (κ3) is 42.8. The number of rotatable bonds is 47. The van der Waals surface area contributed by atoms with E-state index in [9.17, 15) is 19.8 Å². The number of aliphatic hydroxyl groups is 2. The van der Waals surface area contributed by atoms with Gasteiger partial charge in [-0.05, 0) is 57.8 Å². The summed E-state index contributed by atoms with van der Waals surface area (Å²) >= 11 is 0. The molecular weight excluding hydrogens is 743 g/mol. The van der Waals surface area contributed by atoms with E-state index in [2.05, 4.69) is 62.5 Å². The van der Waals surface area contributed by atoms with Crippen LogP contribution >= 0.6 is 0 Å². The standard InChI is InChI=1S/C54H101NO5/c1-4-7-10-13-16-19-22-24-26-27-28-31-34-37-40-43-46-52(57)51(49-56)55-53(58)48-50(45-42-39-36-33-30-21-18-15-12-9-6-3)60-54(59)47-44-41-38-35-32-29-25-23-20-17-14-11-8-5-2/h8,11,17,20,25,29,50-52,56-57H,4-7,9-10,12-16,18-19,21-24,26-28,30-49H2,1-3H3,(H,55,58)/b11-8+,20-17+,29-25+. The molecule has 0 aromatic rings. The van der Waals surface area contributed by atoms with Gasteiger partial charge in [0, 0.05) is 6.42 Å². The summed E-state index contributed by atoms with van der Waals surface area (Å²) in [6, 6.07) is -0.702. The Bertz CT molecular complexity index is 993. The van der Waals surface area contributed by atoms with Crippen LogP contribution in [0.4, 0.5) is 0 Å². The van der Waals surface area contributed by atoms with Gasteiger partial charge in [-0.25, -0.2) is 0 Å². The maximum atomic E-state index is 13.2. The Labute approximate surface area is 373 Å². The highest BCUT2D eigenvalue weighted by Crippen LogP contribution is 2.18. The molecule has 0 saturated carbocycles. The number of unbranched alkanes of at least 4 members (excludes halogenated alkanes) is 29. The van der Waals surface area contributed by atoms with Gasteiger partial charge in [-0.3, -0.25) is 9.59 Å². The van der Waals surface area contributed by atoms with Crippen LogP contribution in [0.1, 0.15) is 271 Å². The number of carbonyl (C=O) groups excluding carboxylic acids is 2. The second-order valence-corrected chi connectivity index (χ2v) is 17.9. The molecule has 60 heavy (non-hydrogen) atoms. The molecular formula is C54H101NO5. The highest BCUT2D eigenvalue weighted by molar-refractivity contribution is 5.77. The van der Waals surface area contributed by atoms with E-state index in [0.29, 0.717) is 19.3 Å². The van der Waals surface area contributed by atoms with Gasteiger partial charge in [-0.1, -0.05) is 237 Å². The quantitative estimate of drug-likeness (QED) is 0.0322. The van der Waals surface area contributed by atoms with E-state index in [1.807, 2.05) is 0 Å². The van der Waals surface area contributed by atoms with Crippen LogP contribution in [0.5, 0.6) is 0 Å². The van der Waals surface area contributed by atoms with Gasteiger partial charge in [0.05, 0.1) is 25.2 Å². The lowest BCUT2D eigenvalue weighted by molar-refractivity contribution is -0.151. The molecule has 0 fully saturated rings. The van der Waals surface area contributed by atoms with E-state index < -0.39 is 18.2 Å². The molecule has 6 heteroatoms. The zero-order chi connectivity index (χ0) is 43.8. The molecule has 0 rings (SSSR count). The van der Waals surface area contributed by atoms with Crippen LogP contribution in [0.25, 0.3) is 0 Å². The van der Waals surface area contributed by atoms with Crippen molar-refractivity contribution >= 4 is 11.9 Å². The van der Waals surface area contributed by atoms with Crippen LogP contribution < -0.4 is 5.32 Å². The molecule has 1 amide bonds. The predicted molar refractivity (Wildman–Crippen MR) is 259 cm³/mol. The lowest BCUT2D eigenvalue weighted by Gasteiger charge is -2.24. The number of allylic oxidation sites excluding steroid dienone is 6. The Morgan fingerprint density at radius 1 is 0.500 bits per heavy atom. The zero-order valence-corrected chi connectivity index (χ0v) is 40.1. The number of carbonyl (C=O) groups is 2. The van der Waals surface area contributed by atoms with Crippen molar-refractivity contribution in [1.82, 2.24) is 5.32 Å². The fourth-order valence-corrected chi connectivity index (χ4v) is 8.03. The molecule has 0 aliphatic heterocycles. The Morgan fingerprint density at radius 3 is 1.37 bits per heavy atom. The maximum Gasteiger partial charge on any atom is 0.306 e. The van der Waals surface area contributed by atoms with Gasteiger partial charge < -0.3 is 20.3 Å². The number of aliphatic hydroxyl groups excluding tert-OH is 2. The number of esters is 1. The van der Waals surface area contributed by atoms with Crippen molar-refractivity contribution in [2.45, 2.75) is 289 Å². The van der Waals surface area contributed by atoms with Gasteiger partial charge in [0.2, 0.25) is 5.91 Å². The first-order valence-corrected chi connectivity index (χ1v) is 26.2. The second-order valence-electron chi connectivity index (χ2n) is 17.9. The second kappa shape index (κ2) is 48.1. The molecule has 0 saturated heterocycles. The summed E-state index contributed by atoms with van der Waals surface area (Å²) in [7, 11) is 0. The van der Waals surface area contributed by atoms with Crippen LogP contribution in [0.3, 0.4) is 0 Å². The molecule has 0 aliphatic carbocycles. The highest BCUT2D eigenvalue weighted by Gasteiger charge is 2.24. The fourth-order valence-electron chi connectivity index (χ4n) is 8.03. The Morgan fingerprint density at radius 2 is 0.900 bits per heavy atom. The monoisotopic (exact) mass is 844 g/mol. The summed E-state index contributed by atoms with van der Waals surface area (Å²) in [5.41, 5.74) is 0. The average Bonchev–Trinajstić information content (AvgIpc) is 3.24. The molecule has 0 aromatic carbocycles. The predicted octanol–water partition coefficient (Wildman–Crippen LogP) is 15.7. The summed E-state index contributed by atoms with van der Waals surface area (Å²) in [4.78, 5) is 26.1. The number of nitrogens with one attached hydrogen (secondary N) is 1. The molecule has 3 unspecified atom stereocenters. The van der Waals surface area contributed by atoms with Gasteiger partial charge >= 0.3 is 5.97 Å². The third-order valence-corrected chi connectivity index (χ3v) is 12.0. The summed E-state index contributed by atoms with van der Waals surface area (Å²) in [5.74, 6) is -0.489. The number of hydrogen-bond donors (Lipinski definition) is 3. The van der Waals surface area contributed by atoms with E-state index >= 15 is 0 Å². The van der Waals surface area contributed by atoms with Crippen LogP contribution in [0.2, 0.25) is 0 Å². The van der Waals surface area contributed by atoms with Gasteiger partial charge in [0.15, 0.2) is 0 Å². The first-order valence-electron chi connectivity index (χ1n) is 26.2. The average molecular weight is 844 g/mol. The summed E-state index contributed by atoms with van der Waals surface area (Å²) in [6.45, 7) is 6.38. The maximum absolute atomic E-state index is 13.2. The van der Waals surface area contributed by atoms with Crippen LogP contribution in [0, 0.1) is 0 Å². The van der Waals surface area contributed by atoms with Gasteiger partial charge in [0.25, 0.3) is 0 Å². The molecule has 0 aromatic heterocycles. The van der Waals surface area contributed by atoms with Crippen LogP contribution in [-0.4, -0.2) is 46.9 Å².